The first-order valence-corrected chi connectivity index (χ1v) is 39.9. The topological polar surface area (TPSA) is 564 Å². The lowest BCUT2D eigenvalue weighted by Gasteiger charge is -2.71. The zero-order valence-corrected chi connectivity index (χ0v) is 65.3. The van der Waals surface area contributed by atoms with Gasteiger partial charge in [0.1, 0.15) is 122 Å². The molecule has 0 spiro atoms. The molecule has 36 heteroatoms. The maximum atomic E-state index is 16.1. The Hall–Kier alpha value is -4.57. The van der Waals surface area contributed by atoms with Gasteiger partial charge in [-0.25, -0.2) is 4.79 Å². The molecule has 36 nitrogen and oxygen atoms in total. The fraction of sp³-hybridized carbons (Fsp3) is 0.833. The third-order valence-corrected chi connectivity index (χ3v) is 27.8. The van der Waals surface area contributed by atoms with Crippen molar-refractivity contribution in [3.05, 3.63) is 47.0 Å². The number of hydrogen-bond donors (Lipinski definition) is 19. The quantitative estimate of drug-likeness (QED) is 0.0158. The third kappa shape index (κ3) is 16.4. The van der Waals surface area contributed by atoms with E-state index in [0.717, 1.165) is 17.4 Å². The molecule has 644 valence electrons. The number of carboxylic acid groups (broad SMARTS) is 1. The van der Waals surface area contributed by atoms with Crippen molar-refractivity contribution in [3.63, 3.8) is 0 Å². The summed E-state index contributed by atoms with van der Waals surface area (Å²) < 4.78 is 73.1. The van der Waals surface area contributed by atoms with Gasteiger partial charge in [-0.2, -0.15) is 0 Å². The molecule has 6 heterocycles. The number of aryl methyl sites for hydroxylation is 1. The van der Waals surface area contributed by atoms with Gasteiger partial charge in [0.05, 0.1) is 56.2 Å². The number of esters is 1. The van der Waals surface area contributed by atoms with Crippen LogP contribution in [0.2, 0.25) is 0 Å². The molecule has 4 saturated carbocycles. The Bertz CT molecular complexity index is 3540. The van der Waals surface area contributed by atoms with Gasteiger partial charge in [0.15, 0.2) is 43.7 Å². The largest absolute Gasteiger partial charge is 0.479 e. The number of nitrogens with one attached hydrogen (secondary N) is 2. The first kappa shape index (κ1) is 88.7. The molecular formula is C78H118N2O34. The normalized spacial score (nSPS) is 48.1. The monoisotopic (exact) mass is 1630 g/mol. The maximum absolute atomic E-state index is 16.1. The van der Waals surface area contributed by atoms with Gasteiger partial charge in [-0.3, -0.25) is 14.4 Å². The number of aldehydes is 1. The molecule has 12 rings (SSSR count). The van der Waals surface area contributed by atoms with E-state index in [1.165, 1.54) is 6.92 Å². The van der Waals surface area contributed by atoms with Crippen LogP contribution >= 0.6 is 0 Å². The zero-order chi connectivity index (χ0) is 83.0. The molecule has 1 aromatic carbocycles. The number of carboxylic acids is 1. The number of amides is 2. The number of carbonyl (C=O) groups excluding carboxylic acids is 4. The van der Waals surface area contributed by atoms with Crippen LogP contribution in [0.25, 0.3) is 0 Å². The van der Waals surface area contributed by atoms with E-state index in [2.05, 4.69) is 51.3 Å². The number of benzene rings is 1. The van der Waals surface area contributed by atoms with Crippen molar-refractivity contribution < 1.29 is 168 Å². The van der Waals surface area contributed by atoms with Crippen LogP contribution in [-0.2, 0) is 76.0 Å². The number of allylic oxidation sites excluding steroid dienone is 2. The molecule has 17 unspecified atom stereocenters. The molecule has 38 atom stereocenters. The number of aliphatic hydroxyl groups excluding tert-OH is 16. The van der Waals surface area contributed by atoms with Gasteiger partial charge >= 0.3 is 11.9 Å². The van der Waals surface area contributed by atoms with Crippen molar-refractivity contribution in [2.24, 2.45) is 50.2 Å². The summed E-state index contributed by atoms with van der Waals surface area (Å²) in [4.78, 5) is 70.1. The van der Waals surface area contributed by atoms with E-state index in [-0.39, 0.29) is 37.5 Å². The average molecular weight is 1630 g/mol. The molecule has 0 bridgehead atoms. The molecular weight excluding hydrogens is 1510 g/mol. The minimum Gasteiger partial charge on any atom is -0.479 e. The van der Waals surface area contributed by atoms with Crippen LogP contribution in [0.5, 0.6) is 0 Å². The predicted molar refractivity (Wildman–Crippen MR) is 385 cm³/mol. The van der Waals surface area contributed by atoms with E-state index in [9.17, 15) is 106 Å². The van der Waals surface area contributed by atoms with E-state index in [4.69, 9.17) is 56.8 Å². The first-order valence-electron chi connectivity index (χ1n) is 39.9. The second-order valence-corrected chi connectivity index (χ2v) is 35.3. The summed E-state index contributed by atoms with van der Waals surface area (Å²) in [5, 5.41) is 195. The summed E-state index contributed by atoms with van der Waals surface area (Å²) in [7, 11) is 0. The summed E-state index contributed by atoms with van der Waals surface area (Å²) in [5.41, 5.74) is -3.61. The van der Waals surface area contributed by atoms with Gasteiger partial charge in [-0.05, 0) is 136 Å². The van der Waals surface area contributed by atoms with E-state index in [1.54, 1.807) is 19.1 Å². The molecule has 11 aliphatic rings. The molecule has 10 fully saturated rings. The van der Waals surface area contributed by atoms with Crippen molar-refractivity contribution in [1.29, 1.82) is 0 Å². The lowest BCUT2D eigenvalue weighted by atomic mass is 9.33. The Labute approximate surface area is 659 Å². The second kappa shape index (κ2) is 34.9. The summed E-state index contributed by atoms with van der Waals surface area (Å²) in [5.74, 6) is -5.07. The Morgan fingerprint density at radius 1 is 0.570 bits per heavy atom. The standard InChI is InChI=1S/C78H118N2O34/c1-33-13-15-35(16-14-33)64(99)79-25-11-9-10-12-46(87)80-47-40(28-81)106-70(62(51(47)91)112-68-57(97)53(93)59(34(2)105-68)109-66-54(94)48(88)38(84)30-103-66)114-72(102)78-24-23-73(3,4)26-37(78)36-17-18-43-74(5)21-20-45(75(6,32-83)42(74)19-22-76(43,7)77(36,8)27-44(78)86)108-71-63(113-69-56(96)52(92)50(90)41(29-82)107-69)60(58(98)61(111-71)65(100)101)110-67-55(95)49(89)39(85)31-104-67/h13-17,32,34,37-45,47-63,66-71,81-82,84-86,88-98H,9-12,18-31H2,1-8H3,(H,79,99)(H,80,87)(H,100,101)/t34?,37?,38-,39-,40-,41?,42-,43?,44-,45+,47+,48?,49+,50+,51?,52+,53?,54?,55?,56?,57?,58+,59+,60+,61?,62?,63?,66+,67+,68+,69+,70+,71-,74?,75?,76-,77?,78-/m1/s1. The fourth-order valence-electron chi connectivity index (χ4n) is 20.9. The smallest absolute Gasteiger partial charge is 0.335 e. The minimum atomic E-state index is -2.23. The molecule has 19 N–H and O–H groups in total. The van der Waals surface area contributed by atoms with E-state index in [0.29, 0.717) is 69.9 Å². The number of hydrogen-bond acceptors (Lipinski definition) is 33. The molecule has 6 aliphatic heterocycles. The van der Waals surface area contributed by atoms with Crippen molar-refractivity contribution >= 4 is 30.0 Å². The molecule has 0 radical (unpaired) electrons. The Balaban J connectivity index is 0.802. The lowest BCUT2D eigenvalue weighted by Crippen LogP contribution is -2.70. The van der Waals surface area contributed by atoms with Crippen molar-refractivity contribution in [2.75, 3.05) is 33.0 Å². The van der Waals surface area contributed by atoms with E-state index in [1.807, 2.05) is 19.1 Å². The third-order valence-electron chi connectivity index (χ3n) is 27.8. The first-order chi connectivity index (χ1) is 53.7. The molecule has 114 heavy (non-hydrogen) atoms. The van der Waals surface area contributed by atoms with Crippen LogP contribution in [0, 0.1) is 57.2 Å². The average Bonchev–Trinajstić information content (AvgIpc) is 0.667. The summed E-state index contributed by atoms with van der Waals surface area (Å²) >= 11 is 0. The van der Waals surface area contributed by atoms with Gasteiger partial charge in [0.25, 0.3) is 5.91 Å². The Morgan fingerprint density at radius 2 is 1.17 bits per heavy atom. The Morgan fingerprint density at radius 3 is 1.80 bits per heavy atom. The predicted octanol–water partition coefficient (Wildman–Crippen LogP) is -3.42. The number of carbonyl (C=O) groups is 5. The van der Waals surface area contributed by atoms with Crippen LogP contribution < -0.4 is 10.6 Å². The van der Waals surface area contributed by atoms with Crippen LogP contribution in [0.1, 0.15) is 148 Å². The molecule has 0 aromatic heterocycles. The highest BCUT2D eigenvalue weighted by Gasteiger charge is 2.73. The number of fused-ring (bicyclic) bond motifs is 7. The second-order valence-electron chi connectivity index (χ2n) is 35.3. The molecule has 2 amide bonds. The summed E-state index contributed by atoms with van der Waals surface area (Å²) in [6, 6.07) is 5.59. The van der Waals surface area contributed by atoms with Gasteiger partial charge in [-0.1, -0.05) is 77.3 Å². The van der Waals surface area contributed by atoms with Gasteiger partial charge in [-0.15, -0.1) is 0 Å². The highest BCUT2D eigenvalue weighted by molar-refractivity contribution is 5.94. The van der Waals surface area contributed by atoms with Gasteiger partial charge < -0.3 is 159 Å². The SMILES string of the molecule is Cc1ccc(C(=O)NCCCCCC(=O)N[C@@H]2C(O)C(O[C@@H]3OC(C)[C@H](O[C@@H]4OC[C@@H](O)C(O)C4O)C(O)C3O)[C@H](OC(=O)[C@]34CCC(C)(C)CC3C3=CCC5C6(C)CC[C@H](O[C@@H]7OC(C(=O)O)[C@@H](O)[C@H](O[C@@H]8OC[C@@H](O)[C@H](O)C8O)C7O[C@@H]7OC(CO)[C@H](O)[C@H](O)C7O)C(C)(C=O)[C@@H]6CC[C@@]5(C)C3(C)C[C@H]4O)O[C@@H]2CO)cc1. The van der Waals surface area contributed by atoms with E-state index >= 15 is 4.79 Å². The summed E-state index contributed by atoms with van der Waals surface area (Å²) in [6.45, 7) is 13.0. The highest BCUT2D eigenvalue weighted by atomic mass is 16.8. The number of unbranched alkanes of at least 4 members (excludes halogenated alkanes) is 2. The minimum absolute atomic E-state index is 0.000449. The van der Waals surface area contributed by atoms with Gasteiger partial charge in [0, 0.05) is 18.5 Å². The molecule has 1 aromatic rings. The van der Waals surface area contributed by atoms with Crippen molar-refractivity contribution in [3.8, 4) is 0 Å². The zero-order valence-electron chi connectivity index (χ0n) is 65.3. The van der Waals surface area contributed by atoms with Crippen LogP contribution in [0.15, 0.2) is 35.9 Å². The molecule has 5 aliphatic carbocycles. The number of rotatable bonds is 24. The number of ether oxygens (including phenoxy) is 12. The molecule has 6 saturated heterocycles. The van der Waals surface area contributed by atoms with Crippen molar-refractivity contribution in [2.45, 2.75) is 323 Å². The number of aliphatic hydroxyl groups is 16. The number of aliphatic carboxylic acids is 1. The van der Waals surface area contributed by atoms with Gasteiger partial charge in [0.2, 0.25) is 12.2 Å². The van der Waals surface area contributed by atoms with Crippen LogP contribution in [0.4, 0.5) is 0 Å². The maximum Gasteiger partial charge on any atom is 0.335 e. The van der Waals surface area contributed by atoms with E-state index < -0.39 is 273 Å². The fourth-order valence-corrected chi connectivity index (χ4v) is 20.9. The van der Waals surface area contributed by atoms with Crippen molar-refractivity contribution in [1.82, 2.24) is 10.6 Å². The highest BCUT2D eigenvalue weighted by Crippen LogP contribution is 2.76. The Kier molecular flexibility index (Phi) is 27.1. The lowest BCUT2D eigenvalue weighted by molar-refractivity contribution is -0.391. The summed E-state index contributed by atoms with van der Waals surface area (Å²) in [6.07, 6.45) is -45.9. The van der Waals surface area contributed by atoms with Crippen LogP contribution in [0.3, 0.4) is 0 Å². The van der Waals surface area contributed by atoms with Crippen LogP contribution in [-0.4, -0.2) is 334 Å².